The van der Waals surface area contributed by atoms with Crippen LogP contribution in [0.25, 0.3) is 0 Å². The van der Waals surface area contributed by atoms with Gasteiger partial charge in [-0.15, -0.1) is 0 Å². The van der Waals surface area contributed by atoms with E-state index in [9.17, 15) is 13.2 Å². The number of amides is 1. The average molecular weight is 419 g/mol. The number of rotatable bonds is 8. The highest BCUT2D eigenvalue weighted by atomic mass is 32.2. The number of hydrogen-bond acceptors (Lipinski definition) is 5. The second-order valence-corrected chi connectivity index (χ2v) is 9.04. The molecule has 2 aromatic carbocycles. The molecule has 1 amide bonds. The summed E-state index contributed by atoms with van der Waals surface area (Å²) in [6.45, 7) is 4.40. The van der Waals surface area contributed by atoms with Gasteiger partial charge in [-0.25, -0.2) is 8.42 Å². The first-order valence-corrected chi connectivity index (χ1v) is 11.0. The molecule has 7 nitrogen and oxygen atoms in total. The van der Waals surface area contributed by atoms with E-state index in [2.05, 4.69) is 5.32 Å². The van der Waals surface area contributed by atoms with Crippen molar-refractivity contribution in [3.05, 3.63) is 54.1 Å². The summed E-state index contributed by atoms with van der Waals surface area (Å²) in [5.41, 5.74) is 0.999. The van der Waals surface area contributed by atoms with E-state index in [1.165, 1.54) is 16.4 Å². The number of sulfonamides is 1. The number of nitrogens with one attached hydrogen (secondary N) is 1. The summed E-state index contributed by atoms with van der Waals surface area (Å²) < 4.78 is 38.8. The molecular weight excluding hydrogens is 392 g/mol. The van der Waals surface area contributed by atoms with E-state index in [-0.39, 0.29) is 29.9 Å². The molecule has 1 aliphatic rings. The molecule has 156 valence electrons. The van der Waals surface area contributed by atoms with Crippen molar-refractivity contribution in [2.45, 2.75) is 31.2 Å². The average Bonchev–Trinajstić information content (AvgIpc) is 2.70. The van der Waals surface area contributed by atoms with Crippen LogP contribution in [0.3, 0.4) is 0 Å². The van der Waals surface area contributed by atoms with Crippen LogP contribution >= 0.6 is 0 Å². The van der Waals surface area contributed by atoms with E-state index >= 15 is 0 Å². The Bertz CT molecular complexity index is 945. The van der Waals surface area contributed by atoms with Crippen molar-refractivity contribution in [2.75, 3.05) is 26.3 Å². The molecule has 0 fully saturated rings. The lowest BCUT2D eigenvalue weighted by molar-refractivity contribution is -0.121. The van der Waals surface area contributed by atoms with Gasteiger partial charge in [0.05, 0.1) is 11.4 Å². The van der Waals surface area contributed by atoms with Gasteiger partial charge in [-0.05, 0) is 38.0 Å². The van der Waals surface area contributed by atoms with E-state index in [1.54, 1.807) is 6.07 Å². The Morgan fingerprint density at radius 1 is 1.07 bits per heavy atom. The molecule has 29 heavy (non-hydrogen) atoms. The number of carbonyl (C=O) groups is 1. The van der Waals surface area contributed by atoms with Crippen molar-refractivity contribution >= 4 is 15.9 Å². The van der Waals surface area contributed by atoms with E-state index in [1.807, 2.05) is 44.2 Å². The van der Waals surface area contributed by atoms with Crippen molar-refractivity contribution in [3.8, 4) is 11.5 Å². The molecule has 0 aromatic heterocycles. The van der Waals surface area contributed by atoms with Gasteiger partial charge < -0.3 is 14.8 Å². The van der Waals surface area contributed by atoms with Gasteiger partial charge in [0.2, 0.25) is 15.9 Å². The van der Waals surface area contributed by atoms with Crippen LogP contribution in [0, 0.1) is 0 Å². The van der Waals surface area contributed by atoms with Gasteiger partial charge in [0.25, 0.3) is 0 Å². The zero-order valence-electron chi connectivity index (χ0n) is 16.6. The Labute approximate surface area is 171 Å². The van der Waals surface area contributed by atoms with Crippen LogP contribution in [-0.4, -0.2) is 51.0 Å². The van der Waals surface area contributed by atoms with Gasteiger partial charge >= 0.3 is 0 Å². The first kappa shape index (κ1) is 21.1. The fourth-order valence-electron chi connectivity index (χ4n) is 3.04. The third kappa shape index (κ3) is 5.48. The second kappa shape index (κ2) is 9.28. The van der Waals surface area contributed by atoms with Crippen molar-refractivity contribution < 1.29 is 22.7 Å². The molecule has 1 N–H and O–H groups in total. The zero-order chi connectivity index (χ0) is 20.9. The van der Waals surface area contributed by atoms with Gasteiger partial charge in [-0.1, -0.05) is 30.3 Å². The van der Waals surface area contributed by atoms with E-state index in [0.29, 0.717) is 31.1 Å². The number of benzene rings is 2. The van der Waals surface area contributed by atoms with Crippen molar-refractivity contribution in [3.63, 3.8) is 0 Å². The standard InChI is InChI=1S/C21H26N2O5S/c1-16(2)22-21(24)15-23(11-10-17-6-4-3-5-7-17)29(25,26)18-8-9-19-20(14-18)28-13-12-27-19/h3-9,14,16H,10-13,15H2,1-2H3,(H,22,24). The molecule has 2 aromatic rings. The van der Waals surface area contributed by atoms with Crippen LogP contribution in [0.15, 0.2) is 53.4 Å². The maximum atomic E-state index is 13.3. The van der Waals surface area contributed by atoms with Crippen LogP contribution in [-0.2, 0) is 21.2 Å². The number of nitrogens with zero attached hydrogens (tertiary/aromatic N) is 1. The minimum Gasteiger partial charge on any atom is -0.486 e. The maximum absolute atomic E-state index is 13.3. The molecule has 0 bridgehead atoms. The van der Waals surface area contributed by atoms with Crippen molar-refractivity contribution in [2.24, 2.45) is 0 Å². The summed E-state index contributed by atoms with van der Waals surface area (Å²) in [7, 11) is -3.90. The first-order chi connectivity index (χ1) is 13.9. The lowest BCUT2D eigenvalue weighted by atomic mass is 10.1. The summed E-state index contributed by atoms with van der Waals surface area (Å²) in [6, 6.07) is 14.0. The quantitative estimate of drug-likeness (QED) is 0.711. The number of hydrogen-bond donors (Lipinski definition) is 1. The fraction of sp³-hybridized carbons (Fsp3) is 0.381. The molecule has 0 radical (unpaired) electrons. The lowest BCUT2D eigenvalue weighted by Gasteiger charge is -2.24. The molecule has 8 heteroatoms. The highest BCUT2D eigenvalue weighted by molar-refractivity contribution is 7.89. The highest BCUT2D eigenvalue weighted by Gasteiger charge is 2.28. The van der Waals surface area contributed by atoms with E-state index < -0.39 is 10.0 Å². The van der Waals surface area contributed by atoms with Crippen molar-refractivity contribution in [1.82, 2.24) is 9.62 Å². The van der Waals surface area contributed by atoms with Gasteiger partial charge in [-0.2, -0.15) is 4.31 Å². The fourth-order valence-corrected chi connectivity index (χ4v) is 4.46. The number of fused-ring (bicyclic) bond motifs is 1. The molecule has 1 aliphatic heterocycles. The lowest BCUT2D eigenvalue weighted by Crippen LogP contribution is -2.43. The zero-order valence-corrected chi connectivity index (χ0v) is 17.4. The third-order valence-electron chi connectivity index (χ3n) is 4.41. The van der Waals surface area contributed by atoms with Gasteiger partial charge in [-0.3, -0.25) is 4.79 Å². The van der Waals surface area contributed by atoms with E-state index in [0.717, 1.165) is 5.56 Å². The van der Waals surface area contributed by atoms with Crippen LogP contribution in [0.1, 0.15) is 19.4 Å². The Morgan fingerprint density at radius 3 is 2.45 bits per heavy atom. The van der Waals surface area contributed by atoms with Gasteiger partial charge in [0.1, 0.15) is 13.2 Å². The van der Waals surface area contributed by atoms with Crippen molar-refractivity contribution in [1.29, 1.82) is 0 Å². The Balaban J connectivity index is 1.85. The normalized spacial score (nSPS) is 13.5. The highest BCUT2D eigenvalue weighted by Crippen LogP contribution is 2.33. The number of carbonyl (C=O) groups excluding carboxylic acids is 1. The molecule has 3 rings (SSSR count). The largest absolute Gasteiger partial charge is 0.486 e. The Hall–Kier alpha value is -2.58. The number of ether oxygens (including phenoxy) is 2. The molecule has 0 saturated carbocycles. The predicted octanol–water partition coefficient (Wildman–Crippen LogP) is 2.22. The Kier molecular flexibility index (Phi) is 6.76. The van der Waals surface area contributed by atoms with Crippen LogP contribution in [0.4, 0.5) is 0 Å². The molecule has 0 atom stereocenters. The SMILES string of the molecule is CC(C)NC(=O)CN(CCc1ccccc1)S(=O)(=O)c1ccc2c(c1)OCCO2. The summed E-state index contributed by atoms with van der Waals surface area (Å²) in [5, 5.41) is 2.76. The molecule has 0 unspecified atom stereocenters. The van der Waals surface area contributed by atoms with E-state index in [4.69, 9.17) is 9.47 Å². The van der Waals surface area contributed by atoms with Gasteiger partial charge in [0.15, 0.2) is 11.5 Å². The summed E-state index contributed by atoms with van der Waals surface area (Å²) in [5.74, 6) is 0.574. The molecule has 0 spiro atoms. The Morgan fingerprint density at radius 2 is 1.76 bits per heavy atom. The smallest absolute Gasteiger partial charge is 0.243 e. The first-order valence-electron chi connectivity index (χ1n) is 9.59. The van der Waals surface area contributed by atoms with Gasteiger partial charge in [0, 0.05) is 18.7 Å². The minimum absolute atomic E-state index is 0.0736. The molecule has 0 saturated heterocycles. The molecule has 0 aliphatic carbocycles. The predicted molar refractivity (Wildman–Crippen MR) is 110 cm³/mol. The maximum Gasteiger partial charge on any atom is 0.243 e. The molecular formula is C21H26N2O5S. The third-order valence-corrected chi connectivity index (χ3v) is 6.25. The summed E-state index contributed by atoms with van der Waals surface area (Å²) in [6.07, 6.45) is 0.500. The topological polar surface area (TPSA) is 84.9 Å². The second-order valence-electron chi connectivity index (χ2n) is 7.10. The summed E-state index contributed by atoms with van der Waals surface area (Å²) >= 11 is 0. The monoisotopic (exact) mass is 418 g/mol. The summed E-state index contributed by atoms with van der Waals surface area (Å²) in [4.78, 5) is 12.4. The van der Waals surface area contributed by atoms with Crippen LogP contribution < -0.4 is 14.8 Å². The van der Waals surface area contributed by atoms with Crippen LogP contribution in [0.2, 0.25) is 0 Å². The van der Waals surface area contributed by atoms with Crippen LogP contribution in [0.5, 0.6) is 11.5 Å². The molecule has 1 heterocycles. The minimum atomic E-state index is -3.90.